The molecule has 0 radical (unpaired) electrons. The van der Waals surface area contributed by atoms with Gasteiger partial charge in [0.15, 0.2) is 0 Å². The third kappa shape index (κ3) is 4.68. The molecule has 1 aliphatic heterocycles. The van der Waals surface area contributed by atoms with E-state index in [-0.39, 0.29) is 18.3 Å². The molecule has 106 valence electrons. The van der Waals surface area contributed by atoms with Crippen LogP contribution in [0.5, 0.6) is 0 Å². The molecule has 3 nitrogen and oxygen atoms in total. The average Bonchev–Trinajstić information content (AvgIpc) is 2.40. The van der Waals surface area contributed by atoms with Crippen LogP contribution >= 0.6 is 11.6 Å². The van der Waals surface area contributed by atoms with Crippen molar-refractivity contribution in [1.82, 2.24) is 9.80 Å². The van der Waals surface area contributed by atoms with Crippen LogP contribution in [-0.2, 0) is 11.3 Å². The normalized spacial score (nSPS) is 17.7. The average molecular weight is 302 g/mol. The van der Waals surface area contributed by atoms with Gasteiger partial charge in [-0.2, -0.15) is 0 Å². The largest absolute Gasteiger partial charge is 1.00 e. The van der Waals surface area contributed by atoms with Gasteiger partial charge in [-0.1, -0.05) is 30.3 Å². The molecule has 1 aliphatic rings. The Kier molecular flexibility index (Phi) is 6.63. The Balaban J connectivity index is 0.00000180. The minimum atomic E-state index is -0.411. The van der Waals surface area contributed by atoms with Gasteiger partial charge in [0, 0.05) is 32.7 Å². The lowest BCUT2D eigenvalue weighted by atomic mass is 10.2. The summed E-state index contributed by atoms with van der Waals surface area (Å²) in [5, 5.41) is -0.411. The second kappa shape index (κ2) is 7.73. The molecule has 1 fully saturated rings. The monoisotopic (exact) mass is 301 g/mol. The highest BCUT2D eigenvalue weighted by molar-refractivity contribution is 6.30. The zero-order chi connectivity index (χ0) is 13.0. The first-order valence-electron chi connectivity index (χ1n) is 6.36. The van der Waals surface area contributed by atoms with Crippen LogP contribution < -0.4 is 12.4 Å². The molecule has 1 atom stereocenters. The highest BCUT2D eigenvalue weighted by Gasteiger charge is 2.23. The fourth-order valence-corrected chi connectivity index (χ4v) is 2.36. The van der Waals surface area contributed by atoms with Gasteiger partial charge in [-0.25, -0.2) is 0 Å². The highest BCUT2D eigenvalue weighted by Crippen LogP contribution is 2.10. The van der Waals surface area contributed by atoms with Gasteiger partial charge in [-0.05, 0) is 12.5 Å². The number of halogens is 2. The third-order valence-electron chi connectivity index (χ3n) is 3.27. The number of rotatable bonds is 3. The molecule has 1 amide bonds. The van der Waals surface area contributed by atoms with Crippen molar-refractivity contribution in [2.24, 2.45) is 0 Å². The van der Waals surface area contributed by atoms with Crippen LogP contribution in [-0.4, -0.2) is 47.3 Å². The molecule has 0 bridgehead atoms. The van der Waals surface area contributed by atoms with E-state index in [1.165, 1.54) is 5.56 Å². The molecule has 19 heavy (non-hydrogen) atoms. The van der Waals surface area contributed by atoms with Crippen molar-refractivity contribution in [2.45, 2.75) is 18.8 Å². The Morgan fingerprint density at radius 1 is 1.21 bits per heavy atom. The summed E-state index contributed by atoms with van der Waals surface area (Å²) >= 11 is 5.82. The second-order valence-electron chi connectivity index (χ2n) is 4.70. The van der Waals surface area contributed by atoms with Crippen LogP contribution in [0.2, 0.25) is 0 Å². The number of hydrogen-bond acceptors (Lipinski definition) is 2. The SMILES string of the molecule is CC(Cl)C(=O)N1CCN(Cc2ccccc2)CC1.[Cl-]. The maximum atomic E-state index is 11.7. The van der Waals surface area contributed by atoms with Crippen LogP contribution in [0.4, 0.5) is 0 Å². The molecule has 1 heterocycles. The number of piperazine rings is 1. The van der Waals surface area contributed by atoms with Crippen molar-refractivity contribution in [3.63, 3.8) is 0 Å². The molecule has 5 heteroatoms. The molecule has 1 saturated heterocycles. The number of carbonyl (C=O) groups excluding carboxylic acids is 1. The van der Waals surface area contributed by atoms with E-state index >= 15 is 0 Å². The van der Waals surface area contributed by atoms with Crippen molar-refractivity contribution < 1.29 is 17.2 Å². The van der Waals surface area contributed by atoms with Crippen molar-refractivity contribution in [3.8, 4) is 0 Å². The van der Waals surface area contributed by atoms with Crippen molar-refractivity contribution >= 4 is 17.5 Å². The van der Waals surface area contributed by atoms with Gasteiger partial charge in [0.25, 0.3) is 0 Å². The summed E-state index contributed by atoms with van der Waals surface area (Å²) in [5.74, 6) is 0.0519. The highest BCUT2D eigenvalue weighted by atomic mass is 35.5. The Labute approximate surface area is 125 Å². The minimum Gasteiger partial charge on any atom is -1.00 e. The molecule has 0 aliphatic carbocycles. The number of alkyl halides is 1. The van der Waals surface area contributed by atoms with Crippen LogP contribution in [0, 0.1) is 0 Å². The van der Waals surface area contributed by atoms with E-state index in [4.69, 9.17) is 11.6 Å². The van der Waals surface area contributed by atoms with Gasteiger partial charge in [-0.15, -0.1) is 11.6 Å². The van der Waals surface area contributed by atoms with E-state index in [2.05, 4.69) is 29.2 Å². The van der Waals surface area contributed by atoms with E-state index in [0.29, 0.717) is 0 Å². The summed E-state index contributed by atoms with van der Waals surface area (Å²) in [5.41, 5.74) is 1.32. The van der Waals surface area contributed by atoms with Gasteiger partial charge in [0.05, 0.1) is 0 Å². The fourth-order valence-electron chi connectivity index (χ4n) is 2.22. The van der Waals surface area contributed by atoms with E-state index < -0.39 is 5.38 Å². The predicted octanol–water partition coefficient (Wildman–Crippen LogP) is -1.04. The summed E-state index contributed by atoms with van der Waals surface area (Å²) in [6, 6.07) is 10.4. The van der Waals surface area contributed by atoms with E-state index in [1.54, 1.807) is 6.92 Å². The maximum absolute atomic E-state index is 11.7. The molecular formula is C14H19Cl2N2O-. The molecule has 0 aromatic heterocycles. The van der Waals surface area contributed by atoms with Gasteiger partial charge in [-0.3, -0.25) is 9.69 Å². The topological polar surface area (TPSA) is 23.6 Å². The molecule has 2 rings (SSSR count). The lowest BCUT2D eigenvalue weighted by molar-refractivity contribution is -0.132. The Hall–Kier alpha value is -0.770. The minimum absolute atomic E-state index is 0. The Bertz CT molecular complexity index is 390. The van der Waals surface area contributed by atoms with E-state index in [1.807, 2.05) is 11.0 Å². The van der Waals surface area contributed by atoms with Crippen molar-refractivity contribution in [2.75, 3.05) is 26.2 Å². The molecule has 0 spiro atoms. The number of nitrogens with zero attached hydrogens (tertiary/aromatic N) is 2. The second-order valence-corrected chi connectivity index (χ2v) is 5.36. The molecule has 0 N–H and O–H groups in total. The number of amides is 1. The van der Waals surface area contributed by atoms with E-state index in [0.717, 1.165) is 32.7 Å². The van der Waals surface area contributed by atoms with Crippen LogP contribution in [0.1, 0.15) is 12.5 Å². The van der Waals surface area contributed by atoms with Gasteiger partial charge in [0.1, 0.15) is 5.38 Å². The maximum Gasteiger partial charge on any atom is 0.240 e. The first-order chi connectivity index (χ1) is 8.66. The predicted molar refractivity (Wildman–Crippen MR) is 73.6 cm³/mol. The third-order valence-corrected chi connectivity index (χ3v) is 3.46. The summed E-state index contributed by atoms with van der Waals surface area (Å²) in [6.07, 6.45) is 0. The number of carbonyl (C=O) groups is 1. The quantitative estimate of drug-likeness (QED) is 0.666. The van der Waals surface area contributed by atoms with Gasteiger partial charge in [0.2, 0.25) is 5.91 Å². The smallest absolute Gasteiger partial charge is 0.240 e. The summed E-state index contributed by atoms with van der Waals surface area (Å²) in [4.78, 5) is 16.0. The summed E-state index contributed by atoms with van der Waals surface area (Å²) in [6.45, 7) is 6.10. The lowest BCUT2D eigenvalue weighted by Crippen LogP contribution is -3.00. The Morgan fingerprint density at radius 2 is 1.79 bits per heavy atom. The summed E-state index contributed by atoms with van der Waals surface area (Å²) in [7, 11) is 0. The van der Waals surface area contributed by atoms with Gasteiger partial charge < -0.3 is 17.3 Å². The summed E-state index contributed by atoms with van der Waals surface area (Å²) < 4.78 is 0. The zero-order valence-corrected chi connectivity index (χ0v) is 12.6. The van der Waals surface area contributed by atoms with Crippen LogP contribution in [0.15, 0.2) is 30.3 Å². The molecule has 1 aromatic rings. The van der Waals surface area contributed by atoms with Crippen molar-refractivity contribution in [1.29, 1.82) is 0 Å². The molecule has 0 saturated carbocycles. The van der Waals surface area contributed by atoms with Crippen LogP contribution in [0.3, 0.4) is 0 Å². The van der Waals surface area contributed by atoms with E-state index in [9.17, 15) is 4.79 Å². The first kappa shape index (κ1) is 16.3. The standard InChI is InChI=1S/C14H19ClN2O.ClH/c1-12(15)14(18)17-9-7-16(8-10-17)11-13-5-3-2-4-6-13;/h2-6,12H,7-11H2,1H3;1H/p-1. The Morgan fingerprint density at radius 3 is 2.32 bits per heavy atom. The molecule has 1 aromatic carbocycles. The molecule has 1 unspecified atom stereocenters. The zero-order valence-electron chi connectivity index (χ0n) is 11.1. The number of hydrogen-bond donors (Lipinski definition) is 0. The first-order valence-corrected chi connectivity index (χ1v) is 6.79. The lowest BCUT2D eigenvalue weighted by Gasteiger charge is -2.35. The van der Waals surface area contributed by atoms with Crippen LogP contribution in [0.25, 0.3) is 0 Å². The van der Waals surface area contributed by atoms with Gasteiger partial charge >= 0.3 is 0 Å². The van der Waals surface area contributed by atoms with Crippen molar-refractivity contribution in [3.05, 3.63) is 35.9 Å². The fraction of sp³-hybridized carbons (Fsp3) is 0.500. The number of benzene rings is 1. The molecular weight excluding hydrogens is 283 g/mol.